The molecule has 1 aliphatic rings. The Morgan fingerprint density at radius 3 is 2.65 bits per heavy atom. The molecular weight excluding hydrogens is 212 g/mol. The molecule has 1 unspecified atom stereocenters. The predicted molar refractivity (Wildman–Crippen MR) is 68.6 cm³/mol. The zero-order chi connectivity index (χ0) is 12.4. The summed E-state index contributed by atoms with van der Waals surface area (Å²) in [5.41, 5.74) is 3.35. The Morgan fingerprint density at radius 2 is 2.06 bits per heavy atom. The molecule has 0 spiro atoms. The lowest BCUT2D eigenvalue weighted by Gasteiger charge is -2.14. The van der Waals surface area contributed by atoms with Crippen LogP contribution in [-0.4, -0.2) is 16.6 Å². The number of nitrogens with zero attached hydrogens (tertiary/aromatic N) is 2. The molecule has 3 heteroatoms. The Balaban J connectivity index is 2.18. The van der Waals surface area contributed by atoms with Crippen LogP contribution >= 0.6 is 0 Å². The number of carbonyl (C=O) groups is 1. The minimum atomic E-state index is -0.0518. The zero-order valence-corrected chi connectivity index (χ0v) is 10.6. The van der Waals surface area contributed by atoms with Crippen molar-refractivity contribution >= 4 is 11.6 Å². The van der Waals surface area contributed by atoms with Crippen LogP contribution in [0.1, 0.15) is 31.4 Å². The van der Waals surface area contributed by atoms with Gasteiger partial charge in [-0.25, -0.2) is 5.01 Å². The molecule has 0 fully saturated rings. The maximum atomic E-state index is 12.0. The third-order valence-electron chi connectivity index (χ3n) is 3.32. The molecule has 2 rings (SSSR count). The van der Waals surface area contributed by atoms with Gasteiger partial charge in [-0.15, -0.1) is 0 Å². The van der Waals surface area contributed by atoms with Crippen molar-refractivity contribution < 1.29 is 4.79 Å². The van der Waals surface area contributed by atoms with Gasteiger partial charge in [0.25, 0.3) is 5.91 Å². The first-order valence-electron chi connectivity index (χ1n) is 6.06. The lowest BCUT2D eigenvalue weighted by Crippen LogP contribution is -2.25. The topological polar surface area (TPSA) is 32.7 Å². The minimum absolute atomic E-state index is 0.0518. The van der Waals surface area contributed by atoms with Crippen molar-refractivity contribution in [1.29, 1.82) is 0 Å². The van der Waals surface area contributed by atoms with Gasteiger partial charge < -0.3 is 0 Å². The smallest absolute Gasteiger partial charge is 0.251 e. The first-order chi connectivity index (χ1) is 8.13. The van der Waals surface area contributed by atoms with Gasteiger partial charge in [-0.05, 0) is 31.4 Å². The predicted octanol–water partition coefficient (Wildman–Crippen LogP) is 2.74. The molecule has 0 radical (unpaired) electrons. The van der Waals surface area contributed by atoms with Crippen molar-refractivity contribution in [1.82, 2.24) is 5.01 Å². The normalized spacial score (nSPS) is 19.7. The van der Waals surface area contributed by atoms with Gasteiger partial charge >= 0.3 is 0 Å². The van der Waals surface area contributed by atoms with Gasteiger partial charge in [-0.3, -0.25) is 4.79 Å². The van der Waals surface area contributed by atoms with Crippen molar-refractivity contribution in [3.8, 4) is 0 Å². The fraction of sp³-hybridized carbons (Fsp3) is 0.429. The summed E-state index contributed by atoms with van der Waals surface area (Å²) >= 11 is 0. The maximum absolute atomic E-state index is 12.0. The lowest BCUT2D eigenvalue weighted by molar-refractivity contribution is -0.131. The molecule has 0 bridgehead atoms. The molecule has 0 aliphatic carbocycles. The summed E-state index contributed by atoms with van der Waals surface area (Å²) in [4.78, 5) is 12.0. The summed E-state index contributed by atoms with van der Waals surface area (Å²) in [6, 6.07) is 8.11. The summed E-state index contributed by atoms with van der Waals surface area (Å²) in [5, 5.41) is 6.01. The van der Waals surface area contributed by atoms with E-state index in [1.165, 1.54) is 5.56 Å². The second kappa shape index (κ2) is 4.70. The van der Waals surface area contributed by atoms with E-state index in [0.29, 0.717) is 6.54 Å². The molecule has 1 heterocycles. The van der Waals surface area contributed by atoms with Crippen molar-refractivity contribution in [3.05, 3.63) is 35.4 Å². The van der Waals surface area contributed by atoms with E-state index in [1.54, 1.807) is 5.01 Å². The number of rotatable bonds is 3. The van der Waals surface area contributed by atoms with Crippen LogP contribution in [0.2, 0.25) is 0 Å². The van der Waals surface area contributed by atoms with Crippen molar-refractivity contribution in [3.63, 3.8) is 0 Å². The SMILES string of the molecule is CCC1=NN(Cc2ccccc2C)C(=O)C1C. The second-order valence-corrected chi connectivity index (χ2v) is 4.49. The Morgan fingerprint density at radius 1 is 1.35 bits per heavy atom. The number of hydrazone groups is 1. The first kappa shape index (κ1) is 11.8. The number of hydrogen-bond donors (Lipinski definition) is 0. The largest absolute Gasteiger partial charge is 0.272 e. The summed E-state index contributed by atoms with van der Waals surface area (Å²) in [6.45, 7) is 6.62. The number of aryl methyl sites for hydroxylation is 1. The Labute approximate surface area is 102 Å². The summed E-state index contributed by atoms with van der Waals surface area (Å²) in [6.07, 6.45) is 0.844. The van der Waals surface area contributed by atoms with E-state index in [9.17, 15) is 4.79 Å². The van der Waals surface area contributed by atoms with Gasteiger partial charge in [-0.2, -0.15) is 5.10 Å². The van der Waals surface area contributed by atoms with Crippen molar-refractivity contribution in [2.24, 2.45) is 11.0 Å². The Bertz CT molecular complexity index is 465. The van der Waals surface area contributed by atoms with E-state index in [2.05, 4.69) is 18.1 Å². The zero-order valence-electron chi connectivity index (χ0n) is 10.6. The van der Waals surface area contributed by atoms with E-state index in [-0.39, 0.29) is 11.8 Å². The van der Waals surface area contributed by atoms with Gasteiger partial charge in [0.15, 0.2) is 0 Å². The lowest BCUT2D eigenvalue weighted by atomic mass is 10.0. The van der Waals surface area contributed by atoms with Gasteiger partial charge in [-0.1, -0.05) is 31.2 Å². The van der Waals surface area contributed by atoms with E-state index < -0.39 is 0 Å². The fourth-order valence-corrected chi connectivity index (χ4v) is 2.10. The van der Waals surface area contributed by atoms with Crippen molar-refractivity contribution in [2.45, 2.75) is 33.7 Å². The maximum Gasteiger partial charge on any atom is 0.251 e. The summed E-state index contributed by atoms with van der Waals surface area (Å²) in [5.74, 6) is 0.0640. The molecule has 1 aromatic rings. The van der Waals surface area contributed by atoms with Crippen LogP contribution in [0.5, 0.6) is 0 Å². The van der Waals surface area contributed by atoms with Crippen LogP contribution in [0.15, 0.2) is 29.4 Å². The molecule has 1 aliphatic heterocycles. The molecule has 1 atom stereocenters. The molecule has 0 N–H and O–H groups in total. The quantitative estimate of drug-likeness (QED) is 0.785. The minimum Gasteiger partial charge on any atom is -0.272 e. The average Bonchev–Trinajstić information content (AvgIpc) is 2.60. The molecule has 1 aromatic carbocycles. The Hall–Kier alpha value is -1.64. The molecule has 90 valence electrons. The number of amides is 1. The molecule has 0 saturated carbocycles. The molecule has 3 nitrogen and oxygen atoms in total. The molecule has 0 aromatic heterocycles. The highest BCUT2D eigenvalue weighted by Crippen LogP contribution is 2.20. The van der Waals surface area contributed by atoms with Gasteiger partial charge in [0.1, 0.15) is 0 Å². The third kappa shape index (κ3) is 2.23. The first-order valence-corrected chi connectivity index (χ1v) is 6.06. The van der Waals surface area contributed by atoms with E-state index in [1.807, 2.05) is 32.0 Å². The molecule has 0 saturated heterocycles. The number of hydrogen-bond acceptors (Lipinski definition) is 2. The van der Waals surface area contributed by atoms with Crippen LogP contribution in [0.25, 0.3) is 0 Å². The highest BCUT2D eigenvalue weighted by atomic mass is 16.2. The highest BCUT2D eigenvalue weighted by molar-refractivity contribution is 6.07. The van der Waals surface area contributed by atoms with Crippen molar-refractivity contribution in [2.75, 3.05) is 0 Å². The number of carbonyl (C=O) groups excluding carboxylic acids is 1. The van der Waals surface area contributed by atoms with E-state index in [0.717, 1.165) is 17.7 Å². The molecule has 1 amide bonds. The van der Waals surface area contributed by atoms with Gasteiger partial charge in [0, 0.05) is 0 Å². The summed E-state index contributed by atoms with van der Waals surface area (Å²) < 4.78 is 0. The second-order valence-electron chi connectivity index (χ2n) is 4.49. The Kier molecular flexibility index (Phi) is 3.27. The van der Waals surface area contributed by atoms with Crippen LogP contribution in [0.4, 0.5) is 0 Å². The van der Waals surface area contributed by atoms with Crippen LogP contribution in [-0.2, 0) is 11.3 Å². The monoisotopic (exact) mass is 230 g/mol. The average molecular weight is 230 g/mol. The standard InChI is InChI=1S/C14H18N2O/c1-4-13-11(3)14(17)16(15-13)9-12-8-6-5-7-10(12)2/h5-8,11H,4,9H2,1-3H3. The molecule has 17 heavy (non-hydrogen) atoms. The molecular formula is C14H18N2O. The number of benzene rings is 1. The third-order valence-corrected chi connectivity index (χ3v) is 3.32. The van der Waals surface area contributed by atoms with Crippen LogP contribution < -0.4 is 0 Å². The van der Waals surface area contributed by atoms with Crippen LogP contribution in [0.3, 0.4) is 0 Å². The highest BCUT2D eigenvalue weighted by Gasteiger charge is 2.30. The van der Waals surface area contributed by atoms with Crippen LogP contribution in [0, 0.1) is 12.8 Å². The summed E-state index contributed by atoms with van der Waals surface area (Å²) in [7, 11) is 0. The van der Waals surface area contributed by atoms with E-state index in [4.69, 9.17) is 0 Å². The fourth-order valence-electron chi connectivity index (χ4n) is 2.10. The van der Waals surface area contributed by atoms with Gasteiger partial charge in [0.2, 0.25) is 0 Å². The van der Waals surface area contributed by atoms with Gasteiger partial charge in [0.05, 0.1) is 18.2 Å². The van der Waals surface area contributed by atoms with E-state index >= 15 is 0 Å².